The van der Waals surface area contributed by atoms with E-state index in [0.717, 1.165) is 0 Å². The number of nitrogens with one attached hydrogen (secondary N) is 1. The normalized spacial score (nSPS) is 15.6. The molecule has 0 bridgehead atoms. The fourth-order valence-electron chi connectivity index (χ4n) is 3.81. The summed E-state index contributed by atoms with van der Waals surface area (Å²) >= 11 is 0. The number of hydrogen-bond acceptors (Lipinski definition) is 5. The van der Waals surface area contributed by atoms with Crippen molar-refractivity contribution in [2.45, 2.75) is 24.2 Å². The molecule has 31 heavy (non-hydrogen) atoms. The van der Waals surface area contributed by atoms with Gasteiger partial charge in [0.15, 0.2) is 0 Å². The van der Waals surface area contributed by atoms with Crippen LogP contribution in [0.1, 0.15) is 24.2 Å². The zero-order chi connectivity index (χ0) is 22.0. The fraction of sp³-hybridized carbons (Fsp3) is 0.286. The highest BCUT2D eigenvalue weighted by Crippen LogP contribution is 2.26. The number of para-hydroxylation sites is 1. The Morgan fingerprint density at radius 2 is 1.81 bits per heavy atom. The van der Waals surface area contributed by atoms with E-state index >= 15 is 0 Å². The number of sulfonamides is 1. The van der Waals surface area contributed by atoms with Gasteiger partial charge in [0.05, 0.1) is 22.2 Å². The first-order chi connectivity index (χ1) is 14.9. The van der Waals surface area contributed by atoms with Crippen LogP contribution in [0, 0.1) is 23.1 Å². The largest absolute Gasteiger partial charge is 0.348 e. The second kappa shape index (κ2) is 8.45. The summed E-state index contributed by atoms with van der Waals surface area (Å²) in [5.74, 6) is 0.00668. The summed E-state index contributed by atoms with van der Waals surface area (Å²) in [6.07, 6.45) is 1.61. The quantitative estimate of drug-likeness (QED) is 0.653. The molecule has 0 spiro atoms. The number of piperidine rings is 1. The monoisotopic (exact) mass is 441 g/mol. The standard InChI is InChI=1S/C21H20FN5O3S/c22-18-3-1-2-4-19(18)27-20(24-25-21(27)28)13-15-9-11-26(12-10-15)31(29,30)17-7-5-16(14-23)6-8-17/h1-8,15H,9-13H2,(H,25,28). The lowest BCUT2D eigenvalue weighted by atomic mass is 9.94. The molecule has 0 aliphatic carbocycles. The first-order valence-electron chi connectivity index (χ1n) is 9.81. The van der Waals surface area contributed by atoms with Gasteiger partial charge in [0.1, 0.15) is 11.6 Å². The van der Waals surface area contributed by atoms with E-state index in [4.69, 9.17) is 5.26 Å². The molecule has 8 nitrogen and oxygen atoms in total. The highest BCUT2D eigenvalue weighted by atomic mass is 32.2. The SMILES string of the molecule is N#Cc1ccc(S(=O)(=O)N2CCC(Cc3n[nH]c(=O)n3-c3ccccc3F)CC2)cc1. The smallest absolute Gasteiger partial charge is 0.246 e. The van der Waals surface area contributed by atoms with Gasteiger partial charge < -0.3 is 0 Å². The topological polar surface area (TPSA) is 112 Å². The molecule has 0 saturated carbocycles. The van der Waals surface area contributed by atoms with Crippen LogP contribution in [-0.2, 0) is 16.4 Å². The second-order valence-corrected chi connectivity index (χ2v) is 9.36. The van der Waals surface area contributed by atoms with Gasteiger partial charge in [-0.25, -0.2) is 27.3 Å². The Balaban J connectivity index is 1.46. The van der Waals surface area contributed by atoms with Crippen molar-refractivity contribution in [1.29, 1.82) is 5.26 Å². The van der Waals surface area contributed by atoms with Crippen molar-refractivity contribution >= 4 is 10.0 Å². The molecule has 1 N–H and O–H groups in total. The third-order valence-corrected chi connectivity index (χ3v) is 7.41. The molecular weight excluding hydrogens is 421 g/mol. The van der Waals surface area contributed by atoms with Crippen molar-refractivity contribution in [2.75, 3.05) is 13.1 Å². The van der Waals surface area contributed by atoms with Gasteiger partial charge in [0.2, 0.25) is 10.0 Å². The number of aromatic amines is 1. The summed E-state index contributed by atoms with van der Waals surface area (Å²) in [7, 11) is -3.64. The number of benzene rings is 2. The lowest BCUT2D eigenvalue weighted by Gasteiger charge is -2.31. The van der Waals surface area contributed by atoms with Crippen LogP contribution in [0.2, 0.25) is 0 Å². The minimum Gasteiger partial charge on any atom is -0.246 e. The van der Waals surface area contributed by atoms with Crippen molar-refractivity contribution in [1.82, 2.24) is 19.1 Å². The first-order valence-corrected chi connectivity index (χ1v) is 11.3. The van der Waals surface area contributed by atoms with Crippen molar-refractivity contribution in [2.24, 2.45) is 5.92 Å². The lowest BCUT2D eigenvalue weighted by Crippen LogP contribution is -2.39. The molecule has 0 unspecified atom stereocenters. The Labute approximate surface area is 178 Å². The molecule has 160 valence electrons. The van der Waals surface area contributed by atoms with Gasteiger partial charge in [0, 0.05) is 19.5 Å². The highest BCUT2D eigenvalue weighted by Gasteiger charge is 2.30. The summed E-state index contributed by atoms with van der Waals surface area (Å²) in [5.41, 5.74) is 0.0237. The maximum Gasteiger partial charge on any atom is 0.348 e. The highest BCUT2D eigenvalue weighted by molar-refractivity contribution is 7.89. The van der Waals surface area contributed by atoms with E-state index in [1.165, 1.54) is 45.3 Å². The summed E-state index contributed by atoms with van der Waals surface area (Å²) in [6.45, 7) is 0.669. The maximum absolute atomic E-state index is 14.2. The Bertz CT molecular complexity index is 1280. The van der Waals surface area contributed by atoms with E-state index in [2.05, 4.69) is 10.2 Å². The number of aromatic nitrogens is 3. The molecule has 10 heteroatoms. The number of nitriles is 1. The van der Waals surface area contributed by atoms with E-state index in [0.29, 0.717) is 43.7 Å². The molecule has 2 aromatic carbocycles. The third-order valence-electron chi connectivity index (χ3n) is 5.50. The van der Waals surface area contributed by atoms with Crippen LogP contribution >= 0.6 is 0 Å². The molecule has 2 heterocycles. The van der Waals surface area contributed by atoms with Crippen LogP contribution in [0.3, 0.4) is 0 Å². The van der Waals surface area contributed by atoms with Gasteiger partial charge >= 0.3 is 5.69 Å². The Morgan fingerprint density at radius 1 is 1.13 bits per heavy atom. The fourth-order valence-corrected chi connectivity index (χ4v) is 5.28. The van der Waals surface area contributed by atoms with Gasteiger partial charge in [-0.2, -0.15) is 14.7 Å². The van der Waals surface area contributed by atoms with Crippen LogP contribution < -0.4 is 5.69 Å². The molecule has 1 saturated heterocycles. The van der Waals surface area contributed by atoms with Crippen molar-refractivity contribution < 1.29 is 12.8 Å². The van der Waals surface area contributed by atoms with Crippen molar-refractivity contribution in [3.8, 4) is 11.8 Å². The van der Waals surface area contributed by atoms with E-state index in [1.54, 1.807) is 12.1 Å². The number of H-pyrrole nitrogens is 1. The number of nitrogens with zero attached hydrogens (tertiary/aromatic N) is 4. The molecule has 1 fully saturated rings. The number of rotatable bonds is 5. The maximum atomic E-state index is 14.2. The van der Waals surface area contributed by atoms with Gasteiger partial charge in [-0.15, -0.1) is 0 Å². The van der Waals surface area contributed by atoms with Crippen molar-refractivity contribution in [3.63, 3.8) is 0 Å². The molecule has 1 aliphatic heterocycles. The summed E-state index contributed by atoms with van der Waals surface area (Å²) in [4.78, 5) is 12.3. The number of halogens is 1. The van der Waals surface area contributed by atoms with Crippen LogP contribution in [-0.4, -0.2) is 40.6 Å². The summed E-state index contributed by atoms with van der Waals surface area (Å²) in [6, 6.07) is 13.8. The molecule has 3 aromatic rings. The van der Waals surface area contributed by atoms with Crippen LogP contribution in [0.4, 0.5) is 4.39 Å². The molecule has 0 amide bonds. The average Bonchev–Trinajstić information content (AvgIpc) is 3.14. The molecule has 0 atom stereocenters. The van der Waals surface area contributed by atoms with Crippen LogP contribution in [0.25, 0.3) is 5.69 Å². The molecule has 1 aromatic heterocycles. The third kappa shape index (κ3) is 4.15. The summed E-state index contributed by atoms with van der Waals surface area (Å²) < 4.78 is 42.6. The Hall–Kier alpha value is -3.29. The Morgan fingerprint density at radius 3 is 2.45 bits per heavy atom. The average molecular weight is 441 g/mol. The first kappa shape index (κ1) is 21.0. The zero-order valence-electron chi connectivity index (χ0n) is 16.5. The molecule has 4 rings (SSSR count). The minimum absolute atomic E-state index is 0.105. The second-order valence-electron chi connectivity index (χ2n) is 7.42. The predicted octanol–water partition coefficient (Wildman–Crippen LogP) is 2.21. The van der Waals surface area contributed by atoms with E-state index in [9.17, 15) is 17.6 Å². The molecule has 1 aliphatic rings. The van der Waals surface area contributed by atoms with Gasteiger partial charge in [0.25, 0.3) is 0 Å². The Kier molecular flexibility index (Phi) is 5.71. The minimum atomic E-state index is -3.64. The lowest BCUT2D eigenvalue weighted by molar-refractivity contribution is 0.269. The zero-order valence-corrected chi connectivity index (χ0v) is 17.3. The van der Waals surface area contributed by atoms with Crippen molar-refractivity contribution in [3.05, 3.63) is 76.2 Å². The van der Waals surface area contributed by atoms with E-state index in [-0.39, 0.29) is 16.5 Å². The van der Waals surface area contributed by atoms with Gasteiger partial charge in [-0.05, 0) is 55.2 Å². The van der Waals surface area contributed by atoms with E-state index in [1.807, 2.05) is 6.07 Å². The molecular formula is C21H20FN5O3S. The van der Waals surface area contributed by atoms with E-state index < -0.39 is 21.5 Å². The molecule has 0 radical (unpaired) electrons. The van der Waals surface area contributed by atoms with Crippen LogP contribution in [0.5, 0.6) is 0 Å². The number of hydrogen-bond donors (Lipinski definition) is 1. The van der Waals surface area contributed by atoms with Gasteiger partial charge in [-0.1, -0.05) is 12.1 Å². The summed E-state index contributed by atoms with van der Waals surface area (Å²) in [5, 5.41) is 15.3. The van der Waals surface area contributed by atoms with Crippen LogP contribution in [0.15, 0.2) is 58.2 Å². The van der Waals surface area contributed by atoms with Gasteiger partial charge in [-0.3, -0.25) is 0 Å². The predicted molar refractivity (Wildman–Crippen MR) is 110 cm³/mol.